The minimum absolute atomic E-state index is 0. The molecule has 0 fully saturated rings. The van der Waals surface area contributed by atoms with Crippen LogP contribution in [0.5, 0.6) is 0 Å². The third kappa shape index (κ3) is 20.4. The fraction of sp³-hybridized carbons (Fsp3) is 0.360. The van der Waals surface area contributed by atoms with Crippen LogP contribution >= 0.6 is 0 Å². The van der Waals surface area contributed by atoms with Crippen molar-refractivity contribution >= 4 is 43.6 Å². The summed E-state index contributed by atoms with van der Waals surface area (Å²) in [5.74, 6) is 0.839. The van der Waals surface area contributed by atoms with Gasteiger partial charge in [0.1, 0.15) is 5.82 Å². The van der Waals surface area contributed by atoms with Crippen LogP contribution in [-0.2, 0) is 0 Å². The molecule has 8 heteroatoms. The molecule has 4 aromatic heterocycles. The molecule has 314 valence electrons. The first-order chi connectivity index (χ1) is 27.9. The van der Waals surface area contributed by atoms with Crippen LogP contribution in [0, 0.1) is 34.6 Å². The molecule has 0 saturated heterocycles. The van der Waals surface area contributed by atoms with Crippen LogP contribution in [0.15, 0.2) is 116 Å². The zero-order valence-electron chi connectivity index (χ0n) is 38.0. The van der Waals surface area contributed by atoms with Crippen molar-refractivity contribution in [2.75, 3.05) is 0 Å². The Morgan fingerprint density at radius 1 is 0.362 bits per heavy atom. The van der Waals surface area contributed by atoms with E-state index in [4.69, 9.17) is 0 Å². The minimum atomic E-state index is 0. The largest absolute Gasteiger partial charge is 0.238 e. The lowest BCUT2D eigenvalue weighted by Gasteiger charge is -2.00. The van der Waals surface area contributed by atoms with Crippen LogP contribution < -0.4 is 0 Å². The van der Waals surface area contributed by atoms with E-state index >= 15 is 0 Å². The molecule has 0 N–H and O–H groups in total. The molecule has 4 heterocycles. The Hall–Kier alpha value is -5.76. The number of aromatic nitrogens is 8. The molecule has 0 aliphatic carbocycles. The summed E-state index contributed by atoms with van der Waals surface area (Å²) in [4.78, 5) is 8.62. The Labute approximate surface area is 352 Å². The molecule has 4 aromatic carbocycles. The zero-order chi connectivity index (χ0) is 43.6. The highest BCUT2D eigenvalue weighted by molar-refractivity contribution is 5.81. The highest BCUT2D eigenvalue weighted by Crippen LogP contribution is 2.14. The van der Waals surface area contributed by atoms with Gasteiger partial charge in [-0.1, -0.05) is 151 Å². The monoisotopic (exact) mass is 787 g/mol. The van der Waals surface area contributed by atoms with E-state index in [0.29, 0.717) is 0 Å². The summed E-state index contributed by atoms with van der Waals surface area (Å²) in [6, 6.07) is 34.3. The Kier molecular flexibility index (Phi) is 34.8. The maximum Gasteiger partial charge on any atom is 0.126 e. The number of aryl methyl sites for hydroxylation is 5. The summed E-state index contributed by atoms with van der Waals surface area (Å²) < 4.78 is 0. The molecule has 0 aliphatic rings. The summed E-state index contributed by atoms with van der Waals surface area (Å²) in [5, 5.41) is 28.1. The topological polar surface area (TPSA) is 103 Å². The maximum atomic E-state index is 4.33. The minimum Gasteiger partial charge on any atom is -0.238 e. The molecule has 0 atom stereocenters. The van der Waals surface area contributed by atoms with Crippen LogP contribution in [-0.4, -0.2) is 40.6 Å². The Morgan fingerprint density at radius 3 is 1.48 bits per heavy atom. The van der Waals surface area contributed by atoms with E-state index in [2.05, 4.69) is 65.7 Å². The Bertz CT molecular complexity index is 2020. The number of hydrogen-bond donors (Lipinski definition) is 0. The van der Waals surface area contributed by atoms with Crippen LogP contribution in [0.2, 0.25) is 0 Å². The second-order valence-electron chi connectivity index (χ2n) is 10.6. The molecule has 0 spiro atoms. The highest BCUT2D eigenvalue weighted by atomic mass is 15.1. The fourth-order valence-electron chi connectivity index (χ4n) is 4.66. The molecule has 0 aliphatic heterocycles. The molecule has 58 heavy (non-hydrogen) atoms. The number of fused-ring (bicyclic) bond motifs is 4. The van der Waals surface area contributed by atoms with Crippen molar-refractivity contribution in [3.05, 3.63) is 144 Å². The van der Waals surface area contributed by atoms with Gasteiger partial charge in [-0.15, -0.1) is 0 Å². The maximum absolute atomic E-state index is 4.33. The van der Waals surface area contributed by atoms with Crippen molar-refractivity contribution in [1.82, 2.24) is 40.6 Å². The van der Waals surface area contributed by atoms with E-state index in [9.17, 15) is 0 Å². The van der Waals surface area contributed by atoms with Crippen LogP contribution in [0.3, 0.4) is 0 Å². The third-order valence-corrected chi connectivity index (χ3v) is 6.86. The molecule has 8 aromatic rings. The number of para-hydroxylation sites is 1. The normalized spacial score (nSPS) is 8.64. The van der Waals surface area contributed by atoms with E-state index in [1.807, 2.05) is 196 Å². The summed E-state index contributed by atoms with van der Waals surface area (Å²) in [6.45, 7) is 34.0. The van der Waals surface area contributed by atoms with Crippen molar-refractivity contribution in [2.24, 2.45) is 0 Å². The number of nitrogens with zero attached hydrogens (tertiary/aromatic N) is 8. The molecule has 0 saturated carbocycles. The third-order valence-electron chi connectivity index (χ3n) is 6.86. The second kappa shape index (κ2) is 35.6. The van der Waals surface area contributed by atoms with Crippen molar-refractivity contribution in [3.8, 4) is 0 Å². The SMILES string of the molecule is C.CC.CC.CC.CC.CC.CC.Cc1cc2ccccc2nn1.Cc1ccc2ccnnc2c1.Cc1ccc2nnccc2c1.Cc1nc(C)c2ccccc2n1. The van der Waals surface area contributed by atoms with Gasteiger partial charge in [0.25, 0.3) is 0 Å². The van der Waals surface area contributed by atoms with Gasteiger partial charge in [-0.2, -0.15) is 30.6 Å². The summed E-state index contributed by atoms with van der Waals surface area (Å²) in [5.41, 5.74) is 8.40. The van der Waals surface area contributed by atoms with Gasteiger partial charge in [0.05, 0.1) is 40.2 Å². The van der Waals surface area contributed by atoms with Crippen LogP contribution in [0.4, 0.5) is 0 Å². The molecule has 0 bridgehead atoms. The van der Waals surface area contributed by atoms with E-state index in [-0.39, 0.29) is 7.43 Å². The number of benzene rings is 4. The van der Waals surface area contributed by atoms with E-state index < -0.39 is 0 Å². The van der Waals surface area contributed by atoms with Crippen molar-refractivity contribution in [3.63, 3.8) is 0 Å². The van der Waals surface area contributed by atoms with Gasteiger partial charge in [0.2, 0.25) is 0 Å². The van der Waals surface area contributed by atoms with Crippen molar-refractivity contribution in [2.45, 2.75) is 125 Å². The Morgan fingerprint density at radius 2 is 0.845 bits per heavy atom. The molecule has 8 rings (SSSR count). The Balaban J connectivity index is -0.000000636. The van der Waals surface area contributed by atoms with Crippen molar-refractivity contribution in [1.29, 1.82) is 0 Å². The zero-order valence-corrected chi connectivity index (χ0v) is 38.0. The fourth-order valence-corrected chi connectivity index (χ4v) is 4.66. The van der Waals surface area contributed by atoms with Gasteiger partial charge in [-0.05, 0) is 88.7 Å². The predicted molar refractivity (Wildman–Crippen MR) is 257 cm³/mol. The van der Waals surface area contributed by atoms with Crippen LogP contribution in [0.1, 0.15) is 119 Å². The van der Waals surface area contributed by atoms with Crippen LogP contribution in [0.25, 0.3) is 43.6 Å². The van der Waals surface area contributed by atoms with Gasteiger partial charge in [-0.3, -0.25) is 0 Å². The molecule has 8 nitrogen and oxygen atoms in total. The summed E-state index contributed by atoms with van der Waals surface area (Å²) in [6.07, 6.45) is 3.42. The second-order valence-corrected chi connectivity index (χ2v) is 10.6. The van der Waals surface area contributed by atoms with Gasteiger partial charge in [0, 0.05) is 27.2 Å². The molecule has 0 unspecified atom stereocenters. The highest BCUT2D eigenvalue weighted by Gasteiger charge is 1.99. The van der Waals surface area contributed by atoms with Gasteiger partial charge in [0.15, 0.2) is 0 Å². The lowest BCUT2D eigenvalue weighted by molar-refractivity contribution is 1.02. The first-order valence-corrected chi connectivity index (χ1v) is 20.6. The summed E-state index contributed by atoms with van der Waals surface area (Å²) >= 11 is 0. The average molecular weight is 787 g/mol. The van der Waals surface area contributed by atoms with Crippen molar-refractivity contribution < 1.29 is 0 Å². The molecular formula is C50H74N8. The van der Waals surface area contributed by atoms with Gasteiger partial charge >= 0.3 is 0 Å². The first-order valence-electron chi connectivity index (χ1n) is 20.6. The average Bonchev–Trinajstić information content (AvgIpc) is 3.28. The number of rotatable bonds is 0. The molecule has 0 amide bonds. The predicted octanol–water partition coefficient (Wildman–Crippen LogP) is 14.9. The lowest BCUT2D eigenvalue weighted by atomic mass is 10.2. The quantitative estimate of drug-likeness (QED) is 0.150. The number of hydrogen-bond acceptors (Lipinski definition) is 8. The van der Waals surface area contributed by atoms with Gasteiger partial charge in [-0.25, -0.2) is 9.97 Å². The summed E-state index contributed by atoms with van der Waals surface area (Å²) in [7, 11) is 0. The lowest BCUT2D eigenvalue weighted by Crippen LogP contribution is -1.92. The smallest absolute Gasteiger partial charge is 0.126 e. The molecular weight excluding hydrogens is 713 g/mol. The first kappa shape index (κ1) is 56.6. The van der Waals surface area contributed by atoms with E-state index in [0.717, 1.165) is 60.8 Å². The van der Waals surface area contributed by atoms with E-state index in [1.165, 1.54) is 11.1 Å². The van der Waals surface area contributed by atoms with Gasteiger partial charge < -0.3 is 0 Å². The van der Waals surface area contributed by atoms with E-state index in [1.54, 1.807) is 12.4 Å². The standard InChI is InChI=1S/C10H10N2.3C9H8N2.6C2H6.CH4/c1-7-9-5-3-4-6-10(9)12-8(2)11-7;1-7-2-3-9-8(6-7)4-5-10-11-9;1-7-2-3-8-4-5-10-11-9(8)6-7;1-7-6-8-4-2-3-5-9(8)11-10-7;6*1-2;/h3-6H,1-2H3;3*2-6H,1H3;6*1-2H3;1H4. The molecule has 0 radical (unpaired) electrons.